The van der Waals surface area contributed by atoms with Crippen molar-refractivity contribution in [3.05, 3.63) is 45.6 Å². The van der Waals surface area contributed by atoms with E-state index in [1.807, 2.05) is 19.1 Å². The summed E-state index contributed by atoms with van der Waals surface area (Å²) in [5.74, 6) is 0.0152. The SMILES string of the molecule is Cc1ccc(C(=O)OC2=C(Br)C(=O)CCC2)cc1. The number of carbonyl (C=O) groups is 2. The Morgan fingerprint density at radius 2 is 1.89 bits per heavy atom. The van der Waals surface area contributed by atoms with Crippen molar-refractivity contribution < 1.29 is 14.3 Å². The number of aryl methyl sites for hydroxylation is 1. The number of rotatable bonds is 2. The Labute approximate surface area is 114 Å². The second-order valence-electron chi connectivity index (χ2n) is 4.27. The third-order valence-corrected chi connectivity index (χ3v) is 3.68. The predicted octanol–water partition coefficient (Wildman–Crippen LogP) is 3.51. The summed E-state index contributed by atoms with van der Waals surface area (Å²) in [5.41, 5.74) is 1.58. The van der Waals surface area contributed by atoms with Gasteiger partial charge in [0.05, 0.1) is 10.0 Å². The number of ketones is 1. The molecule has 0 radical (unpaired) electrons. The summed E-state index contributed by atoms with van der Waals surface area (Å²) in [4.78, 5) is 23.4. The summed E-state index contributed by atoms with van der Waals surface area (Å²) in [7, 11) is 0. The predicted molar refractivity (Wildman–Crippen MR) is 71.4 cm³/mol. The van der Waals surface area contributed by atoms with Crippen LogP contribution in [0.1, 0.15) is 35.2 Å². The lowest BCUT2D eigenvalue weighted by atomic mass is 10.1. The zero-order valence-corrected chi connectivity index (χ0v) is 11.6. The van der Waals surface area contributed by atoms with E-state index in [1.54, 1.807) is 12.1 Å². The second-order valence-corrected chi connectivity index (χ2v) is 5.06. The van der Waals surface area contributed by atoms with Gasteiger partial charge in [-0.1, -0.05) is 17.7 Å². The molecule has 0 spiro atoms. The highest BCUT2D eigenvalue weighted by Crippen LogP contribution is 2.27. The molecule has 0 unspecified atom stereocenters. The third kappa shape index (κ3) is 2.88. The van der Waals surface area contributed by atoms with Crippen LogP contribution >= 0.6 is 15.9 Å². The molecular formula is C14H13BrO3. The topological polar surface area (TPSA) is 43.4 Å². The van der Waals surface area contributed by atoms with E-state index in [9.17, 15) is 9.59 Å². The summed E-state index contributed by atoms with van der Waals surface area (Å²) in [5, 5.41) is 0. The lowest BCUT2D eigenvalue weighted by Crippen LogP contribution is -2.13. The third-order valence-electron chi connectivity index (χ3n) is 2.80. The van der Waals surface area contributed by atoms with E-state index >= 15 is 0 Å². The van der Waals surface area contributed by atoms with Gasteiger partial charge in [-0.2, -0.15) is 0 Å². The number of carbonyl (C=O) groups excluding carboxylic acids is 2. The number of allylic oxidation sites excluding steroid dienone is 2. The standard InChI is InChI=1S/C14H13BrO3/c1-9-5-7-10(8-6-9)14(17)18-12-4-2-3-11(16)13(12)15/h5-8H,2-4H2,1H3. The Kier molecular flexibility index (Phi) is 3.97. The zero-order chi connectivity index (χ0) is 13.1. The molecule has 1 aliphatic rings. The first-order chi connectivity index (χ1) is 8.58. The minimum Gasteiger partial charge on any atom is -0.426 e. The van der Waals surface area contributed by atoms with Crippen molar-refractivity contribution in [3.8, 4) is 0 Å². The van der Waals surface area contributed by atoms with E-state index in [2.05, 4.69) is 15.9 Å². The molecule has 2 rings (SSSR count). The van der Waals surface area contributed by atoms with E-state index in [4.69, 9.17) is 4.74 Å². The molecule has 4 heteroatoms. The van der Waals surface area contributed by atoms with Gasteiger partial charge in [0.2, 0.25) is 0 Å². The molecule has 1 aromatic rings. The average molecular weight is 309 g/mol. The van der Waals surface area contributed by atoms with E-state index in [-0.39, 0.29) is 5.78 Å². The molecule has 0 N–H and O–H groups in total. The number of hydrogen-bond donors (Lipinski definition) is 0. The lowest BCUT2D eigenvalue weighted by molar-refractivity contribution is -0.115. The van der Waals surface area contributed by atoms with Gasteiger partial charge in [-0.3, -0.25) is 4.79 Å². The first kappa shape index (κ1) is 13.0. The summed E-state index contributed by atoms with van der Waals surface area (Å²) in [6.07, 6.45) is 1.85. The molecule has 94 valence electrons. The molecule has 0 heterocycles. The van der Waals surface area contributed by atoms with Gasteiger partial charge in [0.15, 0.2) is 5.78 Å². The number of esters is 1. The summed E-state index contributed by atoms with van der Waals surface area (Å²) in [6, 6.07) is 7.14. The van der Waals surface area contributed by atoms with E-state index in [0.29, 0.717) is 28.6 Å². The molecule has 1 aliphatic carbocycles. The van der Waals surface area contributed by atoms with Crippen molar-refractivity contribution in [2.45, 2.75) is 26.2 Å². The Bertz CT molecular complexity index is 514. The summed E-state index contributed by atoms with van der Waals surface area (Å²) >= 11 is 3.19. The van der Waals surface area contributed by atoms with Crippen LogP contribution in [-0.4, -0.2) is 11.8 Å². The van der Waals surface area contributed by atoms with Crippen LogP contribution in [0.3, 0.4) is 0 Å². The molecule has 1 aromatic carbocycles. The molecule has 3 nitrogen and oxygen atoms in total. The van der Waals surface area contributed by atoms with E-state index in [0.717, 1.165) is 12.0 Å². The van der Waals surface area contributed by atoms with Crippen LogP contribution in [0.25, 0.3) is 0 Å². The van der Waals surface area contributed by atoms with Crippen LogP contribution in [0.2, 0.25) is 0 Å². The minimum atomic E-state index is -0.420. The average Bonchev–Trinajstić information content (AvgIpc) is 2.36. The fourth-order valence-corrected chi connectivity index (χ4v) is 2.22. The van der Waals surface area contributed by atoms with Crippen molar-refractivity contribution in [1.29, 1.82) is 0 Å². The molecule has 0 amide bonds. The van der Waals surface area contributed by atoms with Gasteiger partial charge in [0.25, 0.3) is 0 Å². The molecule has 0 saturated carbocycles. The summed E-state index contributed by atoms with van der Waals surface area (Å²) < 4.78 is 5.67. The normalized spacial score (nSPS) is 15.8. The maximum absolute atomic E-state index is 11.9. The van der Waals surface area contributed by atoms with Gasteiger partial charge in [-0.05, 0) is 41.4 Å². The quantitative estimate of drug-likeness (QED) is 0.785. The molecule has 0 aromatic heterocycles. The molecule has 0 fully saturated rings. The fraction of sp³-hybridized carbons (Fsp3) is 0.286. The molecule has 0 atom stereocenters. The zero-order valence-electron chi connectivity index (χ0n) is 10.0. The smallest absolute Gasteiger partial charge is 0.343 e. The van der Waals surface area contributed by atoms with Crippen LogP contribution in [-0.2, 0) is 9.53 Å². The van der Waals surface area contributed by atoms with Crippen LogP contribution < -0.4 is 0 Å². The largest absolute Gasteiger partial charge is 0.426 e. The number of halogens is 1. The maximum Gasteiger partial charge on any atom is 0.343 e. The monoisotopic (exact) mass is 308 g/mol. The van der Waals surface area contributed by atoms with Crippen LogP contribution in [0.5, 0.6) is 0 Å². The highest BCUT2D eigenvalue weighted by Gasteiger charge is 2.22. The van der Waals surface area contributed by atoms with E-state index < -0.39 is 5.97 Å². The van der Waals surface area contributed by atoms with Crippen molar-refractivity contribution in [2.75, 3.05) is 0 Å². The molecule has 18 heavy (non-hydrogen) atoms. The number of ether oxygens (including phenoxy) is 1. The first-order valence-electron chi connectivity index (χ1n) is 5.78. The van der Waals surface area contributed by atoms with Gasteiger partial charge >= 0.3 is 5.97 Å². The van der Waals surface area contributed by atoms with E-state index in [1.165, 1.54) is 0 Å². The Hall–Kier alpha value is -1.42. The summed E-state index contributed by atoms with van der Waals surface area (Å²) in [6.45, 7) is 1.95. The van der Waals surface area contributed by atoms with Gasteiger partial charge in [0, 0.05) is 12.8 Å². The van der Waals surface area contributed by atoms with Gasteiger partial charge in [0.1, 0.15) is 5.76 Å². The van der Waals surface area contributed by atoms with Crippen LogP contribution in [0.15, 0.2) is 34.5 Å². The Balaban J connectivity index is 2.14. The van der Waals surface area contributed by atoms with Crippen LogP contribution in [0.4, 0.5) is 0 Å². The Morgan fingerprint density at radius 1 is 1.22 bits per heavy atom. The second kappa shape index (κ2) is 5.48. The minimum absolute atomic E-state index is 0.00652. The van der Waals surface area contributed by atoms with Crippen molar-refractivity contribution >= 4 is 27.7 Å². The molecule has 0 bridgehead atoms. The van der Waals surface area contributed by atoms with Crippen molar-refractivity contribution in [2.24, 2.45) is 0 Å². The van der Waals surface area contributed by atoms with Crippen molar-refractivity contribution in [1.82, 2.24) is 0 Å². The number of benzene rings is 1. The lowest BCUT2D eigenvalue weighted by Gasteiger charge is -2.15. The number of Topliss-reactive ketones (excluding diaryl/α,β-unsaturated/α-hetero) is 1. The Morgan fingerprint density at radius 3 is 2.56 bits per heavy atom. The van der Waals surface area contributed by atoms with Crippen LogP contribution in [0, 0.1) is 6.92 Å². The molecule has 0 aliphatic heterocycles. The first-order valence-corrected chi connectivity index (χ1v) is 6.58. The van der Waals surface area contributed by atoms with Crippen molar-refractivity contribution in [3.63, 3.8) is 0 Å². The molecular weight excluding hydrogens is 296 g/mol. The van der Waals surface area contributed by atoms with Gasteiger partial charge in [-0.15, -0.1) is 0 Å². The maximum atomic E-state index is 11.9. The highest BCUT2D eigenvalue weighted by molar-refractivity contribution is 9.12. The fourth-order valence-electron chi connectivity index (χ4n) is 1.74. The number of hydrogen-bond acceptors (Lipinski definition) is 3. The molecule has 0 saturated heterocycles. The van der Waals surface area contributed by atoms with Gasteiger partial charge < -0.3 is 4.74 Å². The van der Waals surface area contributed by atoms with Gasteiger partial charge in [-0.25, -0.2) is 4.79 Å². The highest BCUT2D eigenvalue weighted by atomic mass is 79.9.